The van der Waals surface area contributed by atoms with Crippen LogP contribution in [0.15, 0.2) is 24.3 Å². The minimum Gasteiger partial charge on any atom is -0.497 e. The first-order chi connectivity index (χ1) is 6.74. The second-order valence-corrected chi connectivity index (χ2v) is 2.61. The number of halogens is 1. The first kappa shape index (κ1) is 15.6. The molecule has 0 aliphatic heterocycles. The van der Waals surface area contributed by atoms with Crippen molar-refractivity contribution in [2.24, 2.45) is 0 Å². The minimum absolute atomic E-state index is 0.240. The highest BCUT2D eigenvalue weighted by molar-refractivity contribution is 7.35. The van der Waals surface area contributed by atoms with E-state index in [0.717, 1.165) is 0 Å². The molecule has 0 saturated carbocycles. The summed E-state index contributed by atoms with van der Waals surface area (Å²) in [5.74, 6) is 0.437. The number of rotatable bonds is 1. The molecule has 0 fully saturated rings. The van der Waals surface area contributed by atoms with E-state index in [1.165, 1.54) is 20.3 Å². The summed E-state index contributed by atoms with van der Waals surface area (Å²) in [5.41, 5.74) is 0. The van der Waals surface area contributed by atoms with Gasteiger partial charge in [0.15, 0.2) is 0 Å². The van der Waals surface area contributed by atoms with Gasteiger partial charge in [0.25, 0.3) is 0 Å². The van der Waals surface area contributed by atoms with E-state index in [9.17, 15) is 4.39 Å². The van der Waals surface area contributed by atoms with Crippen molar-refractivity contribution in [1.29, 1.82) is 0 Å². The van der Waals surface area contributed by atoms with Gasteiger partial charge in [-0.3, -0.25) is 0 Å². The Morgan fingerprint density at radius 3 is 1.86 bits per heavy atom. The van der Waals surface area contributed by atoms with Gasteiger partial charge in [0.2, 0.25) is 0 Å². The highest BCUT2D eigenvalue weighted by Gasteiger charge is 1.88. The van der Waals surface area contributed by atoms with Gasteiger partial charge in [0, 0.05) is 0 Å². The Balaban J connectivity index is 0. The number of benzene rings is 1. The van der Waals surface area contributed by atoms with Crippen molar-refractivity contribution in [1.82, 2.24) is 0 Å². The SMILES string of the molecule is C=PC.CC.COc1ccc(F)cc1. The van der Waals surface area contributed by atoms with Gasteiger partial charge in [-0.1, -0.05) is 20.1 Å². The number of methoxy groups -OCH3 is 1. The van der Waals surface area contributed by atoms with Crippen LogP contribution in [0.1, 0.15) is 13.8 Å². The lowest BCUT2D eigenvalue weighted by Gasteiger charge is -1.95. The summed E-state index contributed by atoms with van der Waals surface area (Å²) in [6.45, 7) is 5.99. The molecule has 1 aromatic carbocycles. The van der Waals surface area contributed by atoms with Crippen LogP contribution in [0, 0.1) is 5.82 Å². The maximum absolute atomic E-state index is 12.2. The van der Waals surface area contributed by atoms with E-state index in [2.05, 4.69) is 6.30 Å². The van der Waals surface area contributed by atoms with Crippen molar-refractivity contribution in [2.75, 3.05) is 13.8 Å². The lowest BCUT2D eigenvalue weighted by molar-refractivity contribution is 0.413. The third-order valence-electron chi connectivity index (χ3n) is 1.05. The second-order valence-electron chi connectivity index (χ2n) is 1.97. The van der Waals surface area contributed by atoms with Gasteiger partial charge in [0.05, 0.1) is 7.11 Å². The van der Waals surface area contributed by atoms with Crippen LogP contribution in [0.3, 0.4) is 0 Å². The van der Waals surface area contributed by atoms with Crippen molar-refractivity contribution in [3.05, 3.63) is 30.1 Å². The van der Waals surface area contributed by atoms with E-state index >= 15 is 0 Å². The molecule has 0 aliphatic rings. The summed E-state index contributed by atoms with van der Waals surface area (Å²) in [6, 6.07) is 5.88. The monoisotopic (exact) mass is 216 g/mol. The average molecular weight is 216 g/mol. The molecule has 0 heterocycles. The van der Waals surface area contributed by atoms with E-state index in [1.54, 1.807) is 19.2 Å². The predicted octanol–water partition coefficient (Wildman–Crippen LogP) is 3.85. The molecule has 1 aromatic rings. The summed E-state index contributed by atoms with van der Waals surface area (Å²) < 4.78 is 17.0. The first-order valence-corrected chi connectivity index (χ1v) is 5.91. The second kappa shape index (κ2) is 12.1. The minimum atomic E-state index is -0.240. The van der Waals surface area contributed by atoms with Crippen LogP contribution in [-0.2, 0) is 0 Å². The molecule has 1 rings (SSSR count). The van der Waals surface area contributed by atoms with E-state index in [-0.39, 0.29) is 5.82 Å². The Hall–Kier alpha value is -0.880. The van der Waals surface area contributed by atoms with Gasteiger partial charge in [-0.05, 0) is 30.9 Å². The summed E-state index contributed by atoms with van der Waals surface area (Å²) in [4.78, 5) is 0. The highest BCUT2D eigenvalue weighted by Crippen LogP contribution is 2.08. The zero-order valence-electron chi connectivity index (χ0n) is 9.25. The van der Waals surface area contributed by atoms with Crippen molar-refractivity contribution in [3.8, 4) is 5.75 Å². The summed E-state index contributed by atoms with van der Waals surface area (Å²) in [5, 5.41) is 0. The van der Waals surface area contributed by atoms with Crippen LogP contribution < -0.4 is 4.74 Å². The molecule has 0 atom stereocenters. The first-order valence-electron chi connectivity index (χ1n) is 4.39. The average Bonchev–Trinajstić information content (AvgIpc) is 2.23. The van der Waals surface area contributed by atoms with Gasteiger partial charge in [0.1, 0.15) is 11.6 Å². The fraction of sp³-hybridized carbons (Fsp3) is 0.364. The van der Waals surface area contributed by atoms with Crippen LogP contribution in [0.4, 0.5) is 4.39 Å². The van der Waals surface area contributed by atoms with Crippen molar-refractivity contribution >= 4 is 14.5 Å². The van der Waals surface area contributed by atoms with Gasteiger partial charge in [-0.15, -0.1) is 8.20 Å². The Bertz CT molecular complexity index is 221. The van der Waals surface area contributed by atoms with E-state index < -0.39 is 0 Å². The maximum Gasteiger partial charge on any atom is 0.123 e. The molecule has 1 nitrogen and oxygen atoms in total. The Morgan fingerprint density at radius 1 is 1.21 bits per heavy atom. The zero-order chi connectivity index (χ0) is 11.4. The number of hydrogen-bond acceptors (Lipinski definition) is 1. The fourth-order valence-electron chi connectivity index (χ4n) is 0.571. The molecular formula is C11H18FOP. The van der Waals surface area contributed by atoms with Gasteiger partial charge >= 0.3 is 0 Å². The molecule has 0 unspecified atom stereocenters. The topological polar surface area (TPSA) is 9.23 Å². The van der Waals surface area contributed by atoms with E-state index in [4.69, 9.17) is 4.74 Å². The van der Waals surface area contributed by atoms with Crippen LogP contribution in [0.5, 0.6) is 5.75 Å². The van der Waals surface area contributed by atoms with Crippen molar-refractivity contribution in [3.63, 3.8) is 0 Å². The van der Waals surface area contributed by atoms with E-state index in [0.29, 0.717) is 5.75 Å². The highest BCUT2D eigenvalue weighted by atomic mass is 31.1. The molecule has 0 spiro atoms. The third kappa shape index (κ3) is 9.21. The normalized spacial score (nSPS) is 7.79. The summed E-state index contributed by atoms with van der Waals surface area (Å²) >= 11 is 0. The standard InChI is InChI=1S/C7H7FO.C2H5P.C2H6/c1-9-7-4-2-6(8)3-5-7;1-3-2;1-2/h2-5H,1H3;1H2,2H3;1-2H3. The smallest absolute Gasteiger partial charge is 0.123 e. The number of ether oxygens (including phenoxy) is 1. The van der Waals surface area contributed by atoms with Gasteiger partial charge in [-0.2, -0.15) is 0 Å². The van der Waals surface area contributed by atoms with Gasteiger partial charge in [-0.25, -0.2) is 4.39 Å². The van der Waals surface area contributed by atoms with Crippen LogP contribution in [0.2, 0.25) is 0 Å². The summed E-state index contributed by atoms with van der Waals surface area (Å²) in [7, 11) is 2.72. The third-order valence-corrected chi connectivity index (χ3v) is 1.05. The lowest BCUT2D eigenvalue weighted by Crippen LogP contribution is -1.80. The van der Waals surface area contributed by atoms with Crippen LogP contribution >= 0.6 is 8.20 Å². The molecular weight excluding hydrogens is 198 g/mol. The number of hydrogen-bond donors (Lipinski definition) is 0. The van der Waals surface area contributed by atoms with Crippen LogP contribution in [-0.4, -0.2) is 20.1 Å². The molecule has 80 valence electrons. The molecule has 0 amide bonds. The zero-order valence-corrected chi connectivity index (χ0v) is 10.1. The summed E-state index contributed by atoms with van der Waals surface area (Å²) in [6.07, 6.45) is 3.46. The van der Waals surface area contributed by atoms with Crippen molar-refractivity contribution in [2.45, 2.75) is 13.8 Å². The lowest BCUT2D eigenvalue weighted by atomic mass is 10.3. The Morgan fingerprint density at radius 2 is 1.57 bits per heavy atom. The molecule has 14 heavy (non-hydrogen) atoms. The molecule has 0 aliphatic carbocycles. The fourth-order valence-corrected chi connectivity index (χ4v) is 0.571. The Kier molecular flexibility index (Phi) is 13.5. The molecule has 0 N–H and O–H groups in total. The molecule has 0 aromatic heterocycles. The predicted molar refractivity (Wildman–Crippen MR) is 64.3 cm³/mol. The molecule has 0 bridgehead atoms. The molecule has 3 heteroatoms. The van der Waals surface area contributed by atoms with E-state index in [1.807, 2.05) is 20.5 Å². The van der Waals surface area contributed by atoms with Gasteiger partial charge < -0.3 is 4.74 Å². The molecule has 0 radical (unpaired) electrons. The quantitative estimate of drug-likeness (QED) is 0.648. The largest absolute Gasteiger partial charge is 0.497 e. The maximum atomic E-state index is 12.2. The van der Waals surface area contributed by atoms with Crippen molar-refractivity contribution < 1.29 is 9.13 Å². The Labute approximate surface area is 87.7 Å². The molecule has 0 saturated heterocycles. The van der Waals surface area contributed by atoms with Crippen LogP contribution in [0.25, 0.3) is 0 Å².